The van der Waals surface area contributed by atoms with Crippen molar-refractivity contribution in [2.24, 2.45) is 17.8 Å². The Bertz CT molecular complexity index is 526. The molecule has 1 aromatic rings. The fraction of sp³-hybridized carbons (Fsp3) is 0.588. The number of benzene rings is 1. The van der Waals surface area contributed by atoms with E-state index in [4.69, 9.17) is 0 Å². The molecular formula is C17H23NO2. The van der Waals surface area contributed by atoms with Gasteiger partial charge in [0.1, 0.15) is 5.75 Å². The number of carbonyl (C=O) groups is 1. The van der Waals surface area contributed by atoms with Crippen molar-refractivity contribution in [3.05, 3.63) is 29.3 Å². The summed E-state index contributed by atoms with van der Waals surface area (Å²) in [5, 5.41) is 9.43. The second-order valence-electron chi connectivity index (χ2n) is 6.62. The number of amides is 1. The first-order valence-electron chi connectivity index (χ1n) is 7.59. The smallest absolute Gasteiger partial charge is 0.253 e. The molecule has 0 radical (unpaired) electrons. The fourth-order valence-electron chi connectivity index (χ4n) is 4.13. The topological polar surface area (TPSA) is 40.5 Å². The Morgan fingerprint density at radius 2 is 2.15 bits per heavy atom. The number of phenols is 1. The molecule has 3 atom stereocenters. The molecule has 0 aromatic heterocycles. The van der Waals surface area contributed by atoms with E-state index in [0.717, 1.165) is 23.9 Å². The van der Waals surface area contributed by atoms with Gasteiger partial charge < -0.3 is 10.0 Å². The Labute approximate surface area is 120 Å². The second-order valence-corrected chi connectivity index (χ2v) is 6.62. The summed E-state index contributed by atoms with van der Waals surface area (Å²) in [7, 11) is 1.90. The van der Waals surface area contributed by atoms with Gasteiger partial charge in [0.25, 0.3) is 5.91 Å². The Morgan fingerprint density at radius 1 is 1.35 bits per heavy atom. The average Bonchev–Trinajstić information content (AvgIpc) is 3.00. The summed E-state index contributed by atoms with van der Waals surface area (Å²) in [5.41, 5.74) is 1.54. The monoisotopic (exact) mass is 273 g/mol. The van der Waals surface area contributed by atoms with E-state index in [0.29, 0.717) is 11.5 Å². The van der Waals surface area contributed by atoms with Crippen LogP contribution in [0.4, 0.5) is 0 Å². The highest BCUT2D eigenvalue weighted by atomic mass is 16.3. The highest BCUT2D eigenvalue weighted by Gasteiger charge is 2.40. The lowest BCUT2D eigenvalue weighted by atomic mass is 9.88. The van der Waals surface area contributed by atoms with Gasteiger partial charge in [-0.15, -0.1) is 0 Å². The van der Waals surface area contributed by atoms with Gasteiger partial charge in [0.05, 0.1) is 0 Å². The number of hydrogen-bond acceptors (Lipinski definition) is 2. The molecule has 2 aliphatic carbocycles. The van der Waals surface area contributed by atoms with Crippen LogP contribution in [0.5, 0.6) is 5.75 Å². The number of aromatic hydroxyl groups is 1. The molecule has 2 aliphatic rings. The zero-order valence-electron chi connectivity index (χ0n) is 12.3. The van der Waals surface area contributed by atoms with Crippen LogP contribution in [0.2, 0.25) is 0 Å². The van der Waals surface area contributed by atoms with Crippen molar-refractivity contribution in [2.45, 2.75) is 32.6 Å². The summed E-state index contributed by atoms with van der Waals surface area (Å²) in [5.74, 6) is 2.75. The molecule has 3 rings (SSSR count). The van der Waals surface area contributed by atoms with Gasteiger partial charge in [0, 0.05) is 19.2 Å². The standard InChI is InChI=1S/C17H23NO2/c1-11-7-15(19)5-6-16(11)17(20)18(2)10-14-9-12-3-4-13(14)8-12/h5-7,12-14,19H,3-4,8-10H2,1-2H3. The lowest BCUT2D eigenvalue weighted by Crippen LogP contribution is -2.34. The number of hydrogen-bond donors (Lipinski definition) is 1. The number of carbonyl (C=O) groups excluding carboxylic acids is 1. The molecule has 0 spiro atoms. The summed E-state index contributed by atoms with van der Waals surface area (Å²) in [4.78, 5) is 14.4. The van der Waals surface area contributed by atoms with Crippen molar-refractivity contribution in [3.63, 3.8) is 0 Å². The van der Waals surface area contributed by atoms with E-state index in [2.05, 4.69) is 0 Å². The van der Waals surface area contributed by atoms with Gasteiger partial charge in [-0.25, -0.2) is 0 Å². The molecule has 1 N–H and O–H groups in total. The van der Waals surface area contributed by atoms with E-state index in [-0.39, 0.29) is 11.7 Å². The van der Waals surface area contributed by atoms with Crippen LogP contribution in [0.1, 0.15) is 41.6 Å². The molecule has 0 aliphatic heterocycles. The number of nitrogens with zero attached hydrogens (tertiary/aromatic N) is 1. The minimum Gasteiger partial charge on any atom is -0.508 e. The third kappa shape index (κ3) is 2.41. The average molecular weight is 273 g/mol. The van der Waals surface area contributed by atoms with Gasteiger partial charge in [0.2, 0.25) is 0 Å². The zero-order valence-corrected chi connectivity index (χ0v) is 12.3. The van der Waals surface area contributed by atoms with Crippen LogP contribution in [0, 0.1) is 24.7 Å². The van der Waals surface area contributed by atoms with Crippen molar-refractivity contribution < 1.29 is 9.90 Å². The van der Waals surface area contributed by atoms with Crippen LogP contribution in [-0.2, 0) is 0 Å². The number of rotatable bonds is 3. The molecule has 3 heteroatoms. The summed E-state index contributed by atoms with van der Waals surface area (Å²) in [6.45, 7) is 2.75. The van der Waals surface area contributed by atoms with Crippen LogP contribution in [-0.4, -0.2) is 29.5 Å². The molecule has 108 valence electrons. The molecule has 2 saturated carbocycles. The highest BCUT2D eigenvalue weighted by Crippen LogP contribution is 2.48. The number of phenolic OH excluding ortho intramolecular Hbond substituents is 1. The summed E-state index contributed by atoms with van der Waals surface area (Å²) < 4.78 is 0. The van der Waals surface area contributed by atoms with Crippen LogP contribution in [0.3, 0.4) is 0 Å². The summed E-state index contributed by atoms with van der Waals surface area (Å²) in [6, 6.07) is 4.97. The predicted molar refractivity (Wildman–Crippen MR) is 78.7 cm³/mol. The molecule has 20 heavy (non-hydrogen) atoms. The largest absolute Gasteiger partial charge is 0.508 e. The molecule has 3 unspecified atom stereocenters. The number of aryl methyl sites for hydroxylation is 1. The molecule has 3 nitrogen and oxygen atoms in total. The minimum atomic E-state index is 0.0743. The minimum absolute atomic E-state index is 0.0743. The quantitative estimate of drug-likeness (QED) is 0.918. The first-order valence-corrected chi connectivity index (χ1v) is 7.59. The van der Waals surface area contributed by atoms with E-state index >= 15 is 0 Å². The van der Waals surface area contributed by atoms with E-state index < -0.39 is 0 Å². The third-order valence-electron chi connectivity index (χ3n) is 5.18. The Morgan fingerprint density at radius 3 is 2.75 bits per heavy atom. The first kappa shape index (κ1) is 13.5. The number of fused-ring (bicyclic) bond motifs is 2. The predicted octanol–water partition coefficient (Wildman–Crippen LogP) is 3.21. The van der Waals surface area contributed by atoms with Gasteiger partial charge >= 0.3 is 0 Å². The van der Waals surface area contributed by atoms with Crippen molar-refractivity contribution >= 4 is 5.91 Å². The van der Waals surface area contributed by atoms with E-state index in [1.807, 2.05) is 18.9 Å². The maximum atomic E-state index is 12.5. The van der Waals surface area contributed by atoms with Gasteiger partial charge in [-0.2, -0.15) is 0 Å². The Hall–Kier alpha value is -1.51. The van der Waals surface area contributed by atoms with Crippen molar-refractivity contribution in [1.82, 2.24) is 4.90 Å². The van der Waals surface area contributed by atoms with Crippen LogP contribution < -0.4 is 0 Å². The lowest BCUT2D eigenvalue weighted by molar-refractivity contribution is 0.0753. The SMILES string of the molecule is Cc1cc(O)ccc1C(=O)N(C)CC1CC2CCC1C2. The van der Waals surface area contributed by atoms with Crippen molar-refractivity contribution in [1.29, 1.82) is 0 Å². The Kier molecular flexibility index (Phi) is 3.45. The summed E-state index contributed by atoms with van der Waals surface area (Å²) in [6.07, 6.45) is 5.44. The summed E-state index contributed by atoms with van der Waals surface area (Å²) >= 11 is 0. The zero-order chi connectivity index (χ0) is 14.3. The van der Waals surface area contributed by atoms with E-state index in [9.17, 15) is 9.90 Å². The van der Waals surface area contributed by atoms with Gasteiger partial charge in [-0.05, 0) is 67.7 Å². The molecule has 2 bridgehead atoms. The normalized spacial score (nSPS) is 27.8. The van der Waals surface area contributed by atoms with Gasteiger partial charge in [0.15, 0.2) is 0 Å². The Balaban J connectivity index is 1.67. The van der Waals surface area contributed by atoms with Crippen LogP contribution in [0.25, 0.3) is 0 Å². The molecule has 0 heterocycles. The van der Waals surface area contributed by atoms with Crippen molar-refractivity contribution in [2.75, 3.05) is 13.6 Å². The van der Waals surface area contributed by atoms with Crippen LogP contribution >= 0.6 is 0 Å². The van der Waals surface area contributed by atoms with Gasteiger partial charge in [-0.1, -0.05) is 6.42 Å². The maximum Gasteiger partial charge on any atom is 0.253 e. The van der Waals surface area contributed by atoms with Crippen molar-refractivity contribution in [3.8, 4) is 5.75 Å². The molecule has 2 fully saturated rings. The second kappa shape index (κ2) is 5.12. The van der Waals surface area contributed by atoms with Crippen LogP contribution in [0.15, 0.2) is 18.2 Å². The van der Waals surface area contributed by atoms with Gasteiger partial charge in [-0.3, -0.25) is 4.79 Å². The maximum absolute atomic E-state index is 12.5. The van der Waals surface area contributed by atoms with E-state index in [1.165, 1.54) is 25.7 Å². The molecule has 1 aromatic carbocycles. The highest BCUT2D eigenvalue weighted by molar-refractivity contribution is 5.95. The molecule has 0 saturated heterocycles. The van der Waals surface area contributed by atoms with E-state index in [1.54, 1.807) is 18.2 Å². The third-order valence-corrected chi connectivity index (χ3v) is 5.18. The molecular weight excluding hydrogens is 250 g/mol. The lowest BCUT2D eigenvalue weighted by Gasteiger charge is -2.27. The fourth-order valence-corrected chi connectivity index (χ4v) is 4.13. The first-order chi connectivity index (χ1) is 9.54. The molecule has 1 amide bonds.